The van der Waals surface area contributed by atoms with Gasteiger partial charge in [-0.3, -0.25) is 4.79 Å². The van der Waals surface area contributed by atoms with Crippen molar-refractivity contribution in [1.29, 1.82) is 0 Å². The van der Waals surface area contributed by atoms with Crippen LogP contribution in [-0.2, 0) is 16.8 Å². The highest BCUT2D eigenvalue weighted by molar-refractivity contribution is 8.11. The number of hydrogen-bond acceptors (Lipinski definition) is 5. The smallest absolute Gasteiger partial charge is 0.422 e. The Kier molecular flexibility index (Phi) is 5.42. The summed E-state index contributed by atoms with van der Waals surface area (Å²) in [7, 11) is 0. The Morgan fingerprint density at radius 2 is 1.90 bits per heavy atom. The summed E-state index contributed by atoms with van der Waals surface area (Å²) in [5.41, 5.74) is 3.36. The molecule has 9 heteroatoms. The van der Waals surface area contributed by atoms with E-state index in [9.17, 15) is 18.4 Å². The average molecular weight is 419 g/mol. The minimum atomic E-state index is -0.704. The zero-order valence-electron chi connectivity index (χ0n) is 15.4. The van der Waals surface area contributed by atoms with Crippen LogP contribution in [0.5, 0.6) is 0 Å². The number of rotatable bonds is 5. The fourth-order valence-electron chi connectivity index (χ4n) is 3.84. The molecule has 2 unspecified atom stereocenters. The monoisotopic (exact) mass is 419 g/mol. The standard InChI is InChI=1S/C20H19F2N3O3S/c21-16-6-14(7-17(22)8-16)20-9-15(20)10-25(12-20)19(27)29-24-23-18(26)28-11-13-4-2-1-3-5-13/h1-8,15,24H,9-12H2,(H,23,26). The fourth-order valence-corrected chi connectivity index (χ4v) is 4.33. The molecule has 0 radical (unpaired) electrons. The van der Waals surface area contributed by atoms with Crippen molar-refractivity contribution in [1.82, 2.24) is 15.2 Å². The zero-order valence-corrected chi connectivity index (χ0v) is 16.2. The van der Waals surface area contributed by atoms with E-state index in [1.165, 1.54) is 12.1 Å². The van der Waals surface area contributed by atoms with E-state index in [-0.39, 0.29) is 23.2 Å². The van der Waals surface area contributed by atoms with E-state index < -0.39 is 17.7 Å². The van der Waals surface area contributed by atoms with Gasteiger partial charge in [-0.15, -0.1) is 0 Å². The number of halogens is 2. The number of likely N-dealkylation sites (tertiary alicyclic amines) is 1. The summed E-state index contributed by atoms with van der Waals surface area (Å²) in [5, 5.41) is -0.281. The summed E-state index contributed by atoms with van der Waals surface area (Å²) in [5.74, 6) is -1.03. The van der Waals surface area contributed by atoms with E-state index in [4.69, 9.17) is 4.74 Å². The molecule has 1 saturated carbocycles. The number of carbonyl (C=O) groups excluding carboxylic acids is 2. The first-order valence-corrected chi connectivity index (χ1v) is 9.92. The van der Waals surface area contributed by atoms with Crippen molar-refractivity contribution >= 4 is 23.3 Å². The largest absolute Gasteiger partial charge is 0.444 e. The second kappa shape index (κ2) is 8.00. The lowest BCUT2D eigenvalue weighted by molar-refractivity contribution is 0.138. The summed E-state index contributed by atoms with van der Waals surface area (Å²) in [6, 6.07) is 12.7. The van der Waals surface area contributed by atoms with Crippen molar-refractivity contribution < 1.29 is 23.1 Å². The average Bonchev–Trinajstić information content (AvgIpc) is 3.27. The van der Waals surface area contributed by atoms with E-state index in [0.717, 1.165) is 30.0 Å². The van der Waals surface area contributed by atoms with E-state index in [2.05, 4.69) is 10.3 Å². The quantitative estimate of drug-likeness (QED) is 0.571. The Balaban J connectivity index is 1.23. The van der Waals surface area contributed by atoms with Gasteiger partial charge in [0.25, 0.3) is 5.24 Å². The summed E-state index contributed by atoms with van der Waals surface area (Å²) in [6.45, 7) is 1.03. The van der Waals surface area contributed by atoms with E-state index in [1.807, 2.05) is 30.3 Å². The summed E-state index contributed by atoms with van der Waals surface area (Å²) in [4.78, 5) is 28.1. The molecule has 152 valence electrons. The number of piperidine rings is 1. The number of hydrazine groups is 1. The number of ether oxygens (including phenoxy) is 1. The van der Waals surface area contributed by atoms with Gasteiger partial charge in [-0.25, -0.2) is 19.0 Å². The maximum absolute atomic E-state index is 13.6. The van der Waals surface area contributed by atoms with Crippen LogP contribution >= 0.6 is 11.9 Å². The van der Waals surface area contributed by atoms with Crippen molar-refractivity contribution in [3.05, 3.63) is 71.3 Å². The van der Waals surface area contributed by atoms with Crippen LogP contribution in [0.2, 0.25) is 0 Å². The maximum atomic E-state index is 13.6. The van der Waals surface area contributed by atoms with Gasteiger partial charge in [0.1, 0.15) is 18.2 Å². The maximum Gasteiger partial charge on any atom is 0.422 e. The van der Waals surface area contributed by atoms with Crippen LogP contribution in [0.25, 0.3) is 0 Å². The molecule has 1 saturated heterocycles. The van der Waals surface area contributed by atoms with Gasteiger partial charge in [0.15, 0.2) is 0 Å². The molecule has 2 atom stereocenters. The molecule has 2 N–H and O–H groups in total. The zero-order chi connectivity index (χ0) is 20.4. The molecule has 0 aromatic heterocycles. The van der Waals surface area contributed by atoms with Gasteiger partial charge < -0.3 is 9.64 Å². The van der Waals surface area contributed by atoms with Crippen molar-refractivity contribution in [2.75, 3.05) is 13.1 Å². The molecule has 2 amide bonds. The van der Waals surface area contributed by atoms with Gasteiger partial charge in [0.2, 0.25) is 0 Å². The first-order valence-electron chi connectivity index (χ1n) is 9.10. The second-order valence-electron chi connectivity index (χ2n) is 7.25. The molecule has 2 aromatic carbocycles. The fraction of sp³-hybridized carbons (Fsp3) is 0.300. The summed E-state index contributed by atoms with van der Waals surface area (Å²) >= 11 is 0.723. The molecular weight excluding hydrogens is 400 g/mol. The Bertz CT molecular complexity index is 910. The van der Waals surface area contributed by atoms with Crippen molar-refractivity contribution in [3.63, 3.8) is 0 Å². The van der Waals surface area contributed by atoms with Crippen LogP contribution in [0.1, 0.15) is 17.5 Å². The number of fused-ring (bicyclic) bond motifs is 1. The third kappa shape index (κ3) is 4.35. The lowest BCUT2D eigenvalue weighted by atomic mass is 9.95. The lowest BCUT2D eigenvalue weighted by Gasteiger charge is -2.21. The Morgan fingerprint density at radius 3 is 2.62 bits per heavy atom. The third-order valence-electron chi connectivity index (χ3n) is 5.35. The predicted molar refractivity (Wildman–Crippen MR) is 104 cm³/mol. The highest BCUT2D eigenvalue weighted by Gasteiger charge is 2.61. The first kappa shape index (κ1) is 19.7. The Labute approximate surface area is 170 Å². The lowest BCUT2D eigenvalue weighted by Crippen LogP contribution is -2.37. The number of nitrogens with one attached hydrogen (secondary N) is 2. The number of nitrogens with zero attached hydrogens (tertiary/aromatic N) is 1. The molecule has 0 bridgehead atoms. The summed E-state index contributed by atoms with van der Waals surface area (Å²) < 4.78 is 32.1. The molecule has 1 aliphatic carbocycles. The van der Waals surface area contributed by atoms with Gasteiger partial charge >= 0.3 is 6.09 Å². The van der Waals surface area contributed by atoms with Gasteiger partial charge in [0.05, 0.1) is 0 Å². The highest BCUT2D eigenvalue weighted by Crippen LogP contribution is 2.59. The topological polar surface area (TPSA) is 70.7 Å². The number of amides is 2. The highest BCUT2D eigenvalue weighted by atomic mass is 32.2. The van der Waals surface area contributed by atoms with Gasteiger partial charge in [-0.1, -0.05) is 30.3 Å². The van der Waals surface area contributed by atoms with Crippen molar-refractivity contribution in [2.24, 2.45) is 5.92 Å². The Hall–Kier alpha value is -2.65. The molecule has 1 heterocycles. The second-order valence-corrected chi connectivity index (χ2v) is 8.01. The van der Waals surface area contributed by atoms with Crippen LogP contribution < -0.4 is 10.3 Å². The molecule has 29 heavy (non-hydrogen) atoms. The van der Waals surface area contributed by atoms with Crippen LogP contribution in [0.4, 0.5) is 18.4 Å². The van der Waals surface area contributed by atoms with Crippen molar-refractivity contribution in [2.45, 2.75) is 18.4 Å². The Morgan fingerprint density at radius 1 is 1.17 bits per heavy atom. The SMILES string of the molecule is O=C(NNSC(=O)N1CC2CC2(c2cc(F)cc(F)c2)C1)OCc1ccccc1. The van der Waals surface area contributed by atoms with Crippen LogP contribution in [0.3, 0.4) is 0 Å². The third-order valence-corrected chi connectivity index (χ3v) is 5.98. The summed E-state index contributed by atoms with van der Waals surface area (Å²) in [6.07, 6.45) is 0.104. The van der Waals surface area contributed by atoms with Crippen LogP contribution in [-0.4, -0.2) is 29.3 Å². The van der Waals surface area contributed by atoms with Gasteiger partial charge in [0, 0.05) is 36.5 Å². The van der Waals surface area contributed by atoms with Gasteiger partial charge in [-0.05, 0) is 35.6 Å². The molecule has 2 fully saturated rings. The van der Waals surface area contributed by atoms with Crippen LogP contribution in [0, 0.1) is 17.6 Å². The molecule has 0 spiro atoms. The number of hydrogen-bond donors (Lipinski definition) is 2. The number of carbonyl (C=O) groups is 2. The van der Waals surface area contributed by atoms with E-state index in [0.29, 0.717) is 18.7 Å². The minimum absolute atomic E-state index is 0.119. The predicted octanol–water partition coefficient (Wildman–Crippen LogP) is 3.74. The van der Waals surface area contributed by atoms with E-state index >= 15 is 0 Å². The van der Waals surface area contributed by atoms with E-state index in [1.54, 1.807) is 4.90 Å². The first-order chi connectivity index (χ1) is 14.0. The molecular formula is C20H19F2N3O3S. The molecule has 2 aromatic rings. The molecule has 4 rings (SSSR count). The molecule has 6 nitrogen and oxygen atoms in total. The normalized spacial score (nSPS) is 22.1. The number of benzene rings is 2. The molecule has 1 aliphatic heterocycles. The van der Waals surface area contributed by atoms with Crippen molar-refractivity contribution in [3.8, 4) is 0 Å². The van der Waals surface area contributed by atoms with Crippen LogP contribution in [0.15, 0.2) is 48.5 Å². The van der Waals surface area contributed by atoms with Gasteiger partial charge in [-0.2, -0.15) is 4.83 Å². The minimum Gasteiger partial charge on any atom is -0.444 e. The molecule has 2 aliphatic rings.